The highest BCUT2D eigenvalue weighted by Crippen LogP contribution is 2.24. The van der Waals surface area contributed by atoms with E-state index >= 15 is 0 Å². The molecule has 4 heteroatoms. The van der Waals surface area contributed by atoms with Crippen molar-refractivity contribution in [2.45, 2.75) is 19.1 Å². The largest absolute Gasteiger partial charge is 0.448 e. The number of hydrogen-bond acceptors (Lipinski definition) is 4. The number of carbonyl (C=O) groups is 2. The minimum Gasteiger partial charge on any atom is -0.448 e. The lowest BCUT2D eigenvalue weighted by atomic mass is 10.1. The summed E-state index contributed by atoms with van der Waals surface area (Å²) < 4.78 is 9.84. The molecule has 1 aromatic carbocycles. The Morgan fingerprint density at radius 3 is 2.33 bits per heavy atom. The first-order chi connectivity index (χ1) is 7.18. The topological polar surface area (TPSA) is 52.6 Å². The molecule has 1 aliphatic heterocycles. The van der Waals surface area contributed by atoms with Crippen LogP contribution in [0.2, 0.25) is 0 Å². The fraction of sp³-hybridized carbons (Fsp3) is 0.273. The van der Waals surface area contributed by atoms with Gasteiger partial charge in [0, 0.05) is 5.56 Å². The highest BCUT2D eigenvalue weighted by molar-refractivity contribution is 5.88. The number of cyclic esters (lactones) is 2. The third-order valence-electron chi connectivity index (χ3n) is 2.18. The summed E-state index contributed by atoms with van der Waals surface area (Å²) in [7, 11) is 0. The molecule has 4 nitrogen and oxygen atoms in total. The second-order valence-corrected chi connectivity index (χ2v) is 3.31. The Labute approximate surface area is 86.8 Å². The number of ether oxygens (including phenoxy) is 2. The van der Waals surface area contributed by atoms with Crippen LogP contribution in [0.5, 0.6) is 0 Å². The minimum atomic E-state index is -0.921. The summed E-state index contributed by atoms with van der Waals surface area (Å²) in [6, 6.07) is 8.80. The highest BCUT2D eigenvalue weighted by Gasteiger charge is 2.36. The Morgan fingerprint density at radius 2 is 1.67 bits per heavy atom. The molecule has 15 heavy (non-hydrogen) atoms. The van der Waals surface area contributed by atoms with Gasteiger partial charge in [-0.15, -0.1) is 0 Å². The molecule has 0 saturated carbocycles. The SMILES string of the molecule is CC1OC(=O)[C@H](c2ccccc2)OC1=O. The zero-order valence-electron chi connectivity index (χ0n) is 8.17. The van der Waals surface area contributed by atoms with E-state index in [0.29, 0.717) is 5.56 Å². The number of rotatable bonds is 1. The molecule has 1 fully saturated rings. The Bertz CT molecular complexity index is 385. The molecule has 0 amide bonds. The molecule has 0 radical (unpaired) electrons. The van der Waals surface area contributed by atoms with Crippen molar-refractivity contribution < 1.29 is 19.1 Å². The van der Waals surface area contributed by atoms with Gasteiger partial charge in [0.2, 0.25) is 6.10 Å². The minimum absolute atomic E-state index is 0.511. The van der Waals surface area contributed by atoms with Crippen LogP contribution >= 0.6 is 0 Å². The van der Waals surface area contributed by atoms with Crippen molar-refractivity contribution in [2.75, 3.05) is 0 Å². The fourth-order valence-corrected chi connectivity index (χ4v) is 1.38. The monoisotopic (exact) mass is 206 g/mol. The first-order valence-corrected chi connectivity index (χ1v) is 4.64. The molecular formula is C11H10O4. The maximum absolute atomic E-state index is 11.5. The van der Waals surface area contributed by atoms with E-state index in [4.69, 9.17) is 9.47 Å². The zero-order valence-corrected chi connectivity index (χ0v) is 8.17. The van der Waals surface area contributed by atoms with Gasteiger partial charge in [-0.1, -0.05) is 30.3 Å². The number of carbonyl (C=O) groups excluding carboxylic acids is 2. The summed E-state index contributed by atoms with van der Waals surface area (Å²) in [6.07, 6.45) is -1.73. The van der Waals surface area contributed by atoms with Gasteiger partial charge in [0.25, 0.3) is 0 Å². The van der Waals surface area contributed by atoms with Crippen molar-refractivity contribution in [2.24, 2.45) is 0 Å². The van der Waals surface area contributed by atoms with Crippen molar-refractivity contribution in [1.82, 2.24) is 0 Å². The van der Waals surface area contributed by atoms with Crippen LogP contribution in [-0.4, -0.2) is 18.0 Å². The molecule has 78 valence electrons. The third kappa shape index (κ3) is 1.83. The van der Waals surface area contributed by atoms with E-state index in [1.165, 1.54) is 6.92 Å². The van der Waals surface area contributed by atoms with Gasteiger partial charge in [-0.25, -0.2) is 9.59 Å². The average Bonchev–Trinajstić information content (AvgIpc) is 2.25. The van der Waals surface area contributed by atoms with Gasteiger partial charge in [-0.2, -0.15) is 0 Å². The lowest BCUT2D eigenvalue weighted by Crippen LogP contribution is -2.37. The van der Waals surface area contributed by atoms with Gasteiger partial charge in [0.05, 0.1) is 0 Å². The standard InChI is InChI=1S/C11H10O4/c1-7-10(12)15-9(11(13)14-7)8-5-3-2-4-6-8/h2-7,9H,1H3/t7?,9-/m0/s1. The van der Waals surface area contributed by atoms with Crippen LogP contribution in [0.3, 0.4) is 0 Å². The predicted octanol–water partition coefficient (Wildman–Crippen LogP) is 1.22. The van der Waals surface area contributed by atoms with E-state index in [9.17, 15) is 9.59 Å². The Balaban J connectivity index is 2.24. The van der Waals surface area contributed by atoms with Crippen LogP contribution in [-0.2, 0) is 19.1 Å². The van der Waals surface area contributed by atoms with Gasteiger partial charge in [0.15, 0.2) is 6.10 Å². The molecule has 2 atom stereocenters. The first-order valence-electron chi connectivity index (χ1n) is 4.64. The van der Waals surface area contributed by atoms with Crippen molar-refractivity contribution in [1.29, 1.82) is 0 Å². The lowest BCUT2D eigenvalue weighted by Gasteiger charge is -2.25. The summed E-state index contributed by atoms with van der Waals surface area (Å²) in [5.41, 5.74) is 0.628. The van der Waals surface area contributed by atoms with Crippen molar-refractivity contribution >= 4 is 11.9 Å². The van der Waals surface area contributed by atoms with Gasteiger partial charge >= 0.3 is 11.9 Å². The summed E-state index contributed by atoms with van der Waals surface area (Å²) >= 11 is 0. The highest BCUT2D eigenvalue weighted by atomic mass is 16.6. The van der Waals surface area contributed by atoms with E-state index in [0.717, 1.165) is 0 Å². The summed E-state index contributed by atoms with van der Waals surface area (Å²) in [4.78, 5) is 22.7. The van der Waals surface area contributed by atoms with E-state index in [1.54, 1.807) is 24.3 Å². The van der Waals surface area contributed by atoms with Crippen LogP contribution in [0.15, 0.2) is 30.3 Å². The van der Waals surface area contributed by atoms with Crippen LogP contribution in [0.4, 0.5) is 0 Å². The van der Waals surface area contributed by atoms with Crippen LogP contribution < -0.4 is 0 Å². The van der Waals surface area contributed by atoms with Crippen LogP contribution in [0.1, 0.15) is 18.6 Å². The molecule has 1 unspecified atom stereocenters. The summed E-state index contributed by atoms with van der Waals surface area (Å²) in [5, 5.41) is 0. The second kappa shape index (κ2) is 3.73. The third-order valence-corrected chi connectivity index (χ3v) is 2.18. The van der Waals surface area contributed by atoms with E-state index in [1.807, 2.05) is 6.07 Å². The molecule has 0 bridgehead atoms. The Morgan fingerprint density at radius 1 is 1.00 bits per heavy atom. The molecular weight excluding hydrogens is 196 g/mol. The predicted molar refractivity (Wildman–Crippen MR) is 50.8 cm³/mol. The number of benzene rings is 1. The zero-order chi connectivity index (χ0) is 10.8. The van der Waals surface area contributed by atoms with Crippen LogP contribution in [0, 0.1) is 0 Å². The smallest absolute Gasteiger partial charge is 0.353 e. The van der Waals surface area contributed by atoms with Crippen molar-refractivity contribution in [3.63, 3.8) is 0 Å². The maximum Gasteiger partial charge on any atom is 0.353 e. The van der Waals surface area contributed by atoms with Gasteiger partial charge in [0.1, 0.15) is 0 Å². The second-order valence-electron chi connectivity index (χ2n) is 3.31. The van der Waals surface area contributed by atoms with Crippen LogP contribution in [0.25, 0.3) is 0 Å². The number of hydrogen-bond donors (Lipinski definition) is 0. The summed E-state index contributed by atoms with van der Waals surface area (Å²) in [6.45, 7) is 1.49. The quantitative estimate of drug-likeness (QED) is 0.648. The molecule has 1 aliphatic rings. The molecule has 1 aromatic rings. The molecule has 0 aliphatic carbocycles. The van der Waals surface area contributed by atoms with Crippen molar-refractivity contribution in [3.05, 3.63) is 35.9 Å². The molecule has 0 N–H and O–H groups in total. The Kier molecular flexibility index (Phi) is 2.41. The van der Waals surface area contributed by atoms with E-state index in [2.05, 4.69) is 0 Å². The lowest BCUT2D eigenvalue weighted by molar-refractivity contribution is -0.194. The molecule has 0 aromatic heterocycles. The van der Waals surface area contributed by atoms with Gasteiger partial charge in [-0.05, 0) is 6.92 Å². The number of esters is 2. The van der Waals surface area contributed by atoms with Gasteiger partial charge in [-0.3, -0.25) is 0 Å². The van der Waals surface area contributed by atoms with Crippen molar-refractivity contribution in [3.8, 4) is 0 Å². The Hall–Kier alpha value is -1.84. The van der Waals surface area contributed by atoms with E-state index in [-0.39, 0.29) is 0 Å². The maximum atomic E-state index is 11.5. The summed E-state index contributed by atoms with van der Waals surface area (Å²) in [5.74, 6) is -1.03. The van der Waals surface area contributed by atoms with Gasteiger partial charge < -0.3 is 9.47 Å². The molecule has 2 rings (SSSR count). The molecule has 1 saturated heterocycles. The fourth-order valence-electron chi connectivity index (χ4n) is 1.38. The molecule has 1 heterocycles. The normalized spacial score (nSPS) is 25.7. The van der Waals surface area contributed by atoms with E-state index < -0.39 is 24.1 Å². The molecule has 0 spiro atoms. The average molecular weight is 206 g/mol. The first kappa shape index (κ1) is 9.71.